The number of hydrogen-bond donors (Lipinski definition) is 0. The molecule has 0 saturated carbocycles. The van der Waals surface area contributed by atoms with E-state index >= 15 is 0 Å². The lowest BCUT2D eigenvalue weighted by Crippen LogP contribution is -2.09. The molecule has 74 valence electrons. The molecule has 0 spiro atoms. The number of nitrogens with zero attached hydrogens (tertiary/aromatic N) is 3. The van der Waals surface area contributed by atoms with E-state index < -0.39 is 11.9 Å². The number of hydrogen-bond acceptors (Lipinski definition) is 2. The number of fused-ring (bicyclic) bond motifs is 1. The lowest BCUT2D eigenvalue weighted by Gasteiger charge is -2.04. The molecular formula is C7H3F3IN3. The second kappa shape index (κ2) is 3.07. The van der Waals surface area contributed by atoms with Crippen LogP contribution in [0.5, 0.6) is 0 Å². The van der Waals surface area contributed by atoms with Gasteiger partial charge in [-0.3, -0.25) is 0 Å². The molecule has 2 heterocycles. The van der Waals surface area contributed by atoms with Crippen LogP contribution >= 0.6 is 22.6 Å². The fourth-order valence-corrected chi connectivity index (χ4v) is 1.49. The highest BCUT2D eigenvalue weighted by Gasteiger charge is 2.32. The van der Waals surface area contributed by atoms with Crippen molar-refractivity contribution >= 4 is 28.2 Å². The second-order valence-electron chi connectivity index (χ2n) is 2.57. The third-order valence-corrected chi connectivity index (χ3v) is 2.38. The summed E-state index contributed by atoms with van der Waals surface area (Å²) < 4.78 is 38.7. The van der Waals surface area contributed by atoms with E-state index in [1.54, 1.807) is 0 Å². The average Bonchev–Trinajstić information content (AvgIpc) is 2.46. The van der Waals surface area contributed by atoms with Crippen LogP contribution < -0.4 is 0 Å². The van der Waals surface area contributed by atoms with Gasteiger partial charge in [0.2, 0.25) is 0 Å². The highest BCUT2D eigenvalue weighted by atomic mass is 127. The SMILES string of the molecule is FC(F)(F)c1ccn2ncc(I)c2n1. The molecule has 0 atom stereocenters. The predicted octanol–water partition coefficient (Wildman–Crippen LogP) is 2.35. The molecule has 3 nitrogen and oxygen atoms in total. The summed E-state index contributed by atoms with van der Waals surface area (Å²) in [5.41, 5.74) is -0.677. The Morgan fingerprint density at radius 3 is 2.71 bits per heavy atom. The van der Waals surface area contributed by atoms with Crippen LogP contribution in [0.15, 0.2) is 18.5 Å². The Labute approximate surface area is 90.1 Å². The first-order valence-electron chi connectivity index (χ1n) is 3.55. The average molecular weight is 313 g/mol. The van der Waals surface area contributed by atoms with Crippen molar-refractivity contribution in [3.8, 4) is 0 Å². The molecule has 0 aliphatic carbocycles. The van der Waals surface area contributed by atoms with Gasteiger partial charge in [0.1, 0.15) is 5.69 Å². The standard InChI is InChI=1S/C7H3F3IN3/c8-7(9,10)5-1-2-14-6(13-5)4(11)3-12-14/h1-3H. The van der Waals surface area contributed by atoms with E-state index in [9.17, 15) is 13.2 Å². The summed E-state index contributed by atoms with van der Waals surface area (Å²) in [6, 6.07) is 0.899. The van der Waals surface area contributed by atoms with Crippen molar-refractivity contribution in [2.75, 3.05) is 0 Å². The van der Waals surface area contributed by atoms with Crippen LogP contribution in [-0.2, 0) is 6.18 Å². The van der Waals surface area contributed by atoms with E-state index in [1.165, 1.54) is 16.9 Å². The lowest BCUT2D eigenvalue weighted by atomic mass is 10.4. The van der Waals surface area contributed by atoms with Gasteiger partial charge in [-0.2, -0.15) is 18.3 Å². The van der Waals surface area contributed by atoms with Crippen molar-refractivity contribution < 1.29 is 13.2 Å². The number of aromatic nitrogens is 3. The predicted molar refractivity (Wildman–Crippen MR) is 50.7 cm³/mol. The largest absolute Gasteiger partial charge is 0.433 e. The normalized spacial score (nSPS) is 12.3. The summed E-state index contributed by atoms with van der Waals surface area (Å²) in [5.74, 6) is 0. The maximum Gasteiger partial charge on any atom is 0.433 e. The van der Waals surface area contributed by atoms with Crippen LogP contribution in [0.2, 0.25) is 0 Å². The maximum absolute atomic E-state index is 12.3. The summed E-state index contributed by atoms with van der Waals surface area (Å²) in [4.78, 5) is 3.47. The van der Waals surface area contributed by atoms with Crippen LogP contribution in [0.4, 0.5) is 13.2 Å². The molecule has 0 aromatic carbocycles. The fourth-order valence-electron chi connectivity index (χ4n) is 0.999. The highest BCUT2D eigenvalue weighted by molar-refractivity contribution is 14.1. The van der Waals surface area contributed by atoms with Crippen LogP contribution in [0.1, 0.15) is 5.69 Å². The van der Waals surface area contributed by atoms with Gasteiger partial charge in [0.05, 0.1) is 9.77 Å². The summed E-state index contributed by atoms with van der Waals surface area (Å²) in [6.07, 6.45) is -1.70. The molecule has 0 saturated heterocycles. The van der Waals surface area contributed by atoms with Crippen LogP contribution in [0.25, 0.3) is 5.65 Å². The minimum Gasteiger partial charge on any atom is -0.223 e. The van der Waals surface area contributed by atoms with Gasteiger partial charge in [0.25, 0.3) is 0 Å². The minimum atomic E-state index is -4.41. The molecular weight excluding hydrogens is 310 g/mol. The third kappa shape index (κ3) is 1.56. The van der Waals surface area contributed by atoms with Crippen molar-refractivity contribution in [2.24, 2.45) is 0 Å². The Morgan fingerprint density at radius 1 is 1.36 bits per heavy atom. The van der Waals surface area contributed by atoms with Crippen molar-refractivity contribution in [2.45, 2.75) is 6.18 Å². The number of alkyl halides is 3. The molecule has 2 aromatic heterocycles. The highest BCUT2D eigenvalue weighted by Crippen LogP contribution is 2.27. The Hall–Kier alpha value is -0.860. The molecule has 0 amide bonds. The monoisotopic (exact) mass is 313 g/mol. The second-order valence-corrected chi connectivity index (χ2v) is 3.73. The van der Waals surface area contributed by atoms with E-state index in [0.717, 1.165) is 6.07 Å². The van der Waals surface area contributed by atoms with Crippen LogP contribution in [0.3, 0.4) is 0 Å². The summed E-state index contributed by atoms with van der Waals surface area (Å²) in [6.45, 7) is 0. The topological polar surface area (TPSA) is 30.2 Å². The van der Waals surface area contributed by atoms with E-state index in [1.807, 2.05) is 22.6 Å². The molecule has 0 N–H and O–H groups in total. The van der Waals surface area contributed by atoms with E-state index in [-0.39, 0.29) is 5.65 Å². The molecule has 2 rings (SSSR count). The molecule has 7 heteroatoms. The van der Waals surface area contributed by atoms with Gasteiger partial charge in [-0.1, -0.05) is 0 Å². The zero-order valence-electron chi connectivity index (χ0n) is 6.59. The van der Waals surface area contributed by atoms with E-state index in [4.69, 9.17) is 0 Å². The van der Waals surface area contributed by atoms with Gasteiger partial charge in [0, 0.05) is 6.20 Å². The van der Waals surface area contributed by atoms with Gasteiger partial charge in [0.15, 0.2) is 5.65 Å². The lowest BCUT2D eigenvalue weighted by molar-refractivity contribution is -0.141. The molecule has 0 unspecified atom stereocenters. The Balaban J connectivity index is 2.66. The molecule has 0 fully saturated rings. The Kier molecular flexibility index (Phi) is 2.13. The van der Waals surface area contributed by atoms with Gasteiger partial charge < -0.3 is 0 Å². The molecule has 14 heavy (non-hydrogen) atoms. The molecule has 0 aliphatic rings. The van der Waals surface area contributed by atoms with Crippen molar-refractivity contribution in [1.82, 2.24) is 14.6 Å². The first-order chi connectivity index (χ1) is 6.48. The van der Waals surface area contributed by atoms with Crippen molar-refractivity contribution in [3.05, 3.63) is 27.7 Å². The summed E-state index contributed by atoms with van der Waals surface area (Å²) in [5, 5.41) is 3.82. The smallest absolute Gasteiger partial charge is 0.223 e. The van der Waals surface area contributed by atoms with Crippen LogP contribution in [0, 0.1) is 3.57 Å². The zero-order valence-corrected chi connectivity index (χ0v) is 8.74. The van der Waals surface area contributed by atoms with Gasteiger partial charge in [-0.15, -0.1) is 0 Å². The van der Waals surface area contributed by atoms with Gasteiger partial charge in [-0.05, 0) is 28.7 Å². The van der Waals surface area contributed by atoms with Gasteiger partial charge in [-0.25, -0.2) is 9.50 Å². The first kappa shape index (κ1) is 9.69. The van der Waals surface area contributed by atoms with Crippen molar-refractivity contribution in [3.63, 3.8) is 0 Å². The molecule has 0 bridgehead atoms. The minimum absolute atomic E-state index is 0.223. The summed E-state index contributed by atoms with van der Waals surface area (Å²) in [7, 11) is 0. The third-order valence-electron chi connectivity index (χ3n) is 1.62. The Bertz CT molecular complexity index is 476. The fraction of sp³-hybridized carbons (Fsp3) is 0.143. The summed E-state index contributed by atoms with van der Waals surface area (Å²) >= 11 is 1.88. The van der Waals surface area contributed by atoms with E-state index in [2.05, 4.69) is 10.1 Å². The Morgan fingerprint density at radius 2 is 2.07 bits per heavy atom. The number of rotatable bonds is 0. The molecule has 0 aliphatic heterocycles. The van der Waals surface area contributed by atoms with Crippen LogP contribution in [-0.4, -0.2) is 14.6 Å². The quantitative estimate of drug-likeness (QED) is 0.699. The first-order valence-corrected chi connectivity index (χ1v) is 4.63. The molecule has 2 aromatic rings. The molecule has 0 radical (unpaired) electrons. The van der Waals surface area contributed by atoms with Gasteiger partial charge >= 0.3 is 6.18 Å². The number of halogens is 4. The van der Waals surface area contributed by atoms with E-state index in [0.29, 0.717) is 3.57 Å². The van der Waals surface area contributed by atoms with Crippen molar-refractivity contribution in [1.29, 1.82) is 0 Å². The zero-order chi connectivity index (χ0) is 10.3. The maximum atomic E-state index is 12.3.